The highest BCUT2D eigenvalue weighted by Crippen LogP contribution is 2.25. The summed E-state index contributed by atoms with van der Waals surface area (Å²) < 4.78 is 5.20. The van der Waals surface area contributed by atoms with Crippen molar-refractivity contribution >= 4 is 17.3 Å². The van der Waals surface area contributed by atoms with Crippen LogP contribution in [0.3, 0.4) is 0 Å². The Kier molecular flexibility index (Phi) is 5.10. The predicted molar refractivity (Wildman–Crippen MR) is 78.6 cm³/mol. The number of nitrogens with zero attached hydrogens (tertiary/aromatic N) is 1. The van der Waals surface area contributed by atoms with Crippen LogP contribution in [0.1, 0.15) is 30.1 Å². The lowest BCUT2D eigenvalue weighted by Crippen LogP contribution is -2.35. The molecule has 21 heavy (non-hydrogen) atoms. The molecule has 1 unspecified atom stereocenters. The van der Waals surface area contributed by atoms with Gasteiger partial charge in [0.2, 0.25) is 0 Å². The van der Waals surface area contributed by atoms with Crippen LogP contribution in [0.4, 0.5) is 11.4 Å². The first-order valence-corrected chi connectivity index (χ1v) is 7.02. The molecule has 7 nitrogen and oxygen atoms in total. The van der Waals surface area contributed by atoms with Gasteiger partial charge in [0.25, 0.3) is 11.6 Å². The van der Waals surface area contributed by atoms with Crippen LogP contribution >= 0.6 is 0 Å². The summed E-state index contributed by atoms with van der Waals surface area (Å²) in [5.74, 6) is -0.236. The molecule has 1 aliphatic rings. The van der Waals surface area contributed by atoms with E-state index in [0.717, 1.165) is 12.8 Å². The van der Waals surface area contributed by atoms with E-state index in [9.17, 15) is 14.9 Å². The molecule has 1 aliphatic heterocycles. The molecule has 1 atom stereocenters. The van der Waals surface area contributed by atoms with Gasteiger partial charge in [0.05, 0.1) is 17.6 Å². The fourth-order valence-corrected chi connectivity index (χ4v) is 2.15. The number of nitro groups is 1. The smallest absolute Gasteiger partial charge is 0.292 e. The van der Waals surface area contributed by atoms with Gasteiger partial charge in [-0.2, -0.15) is 0 Å². The van der Waals surface area contributed by atoms with Crippen LogP contribution in [0.15, 0.2) is 18.2 Å². The number of amides is 1. The minimum absolute atomic E-state index is 0.0137. The Morgan fingerprint density at radius 2 is 2.33 bits per heavy atom. The van der Waals surface area contributed by atoms with Crippen molar-refractivity contribution in [2.45, 2.75) is 25.8 Å². The van der Waals surface area contributed by atoms with E-state index in [-0.39, 0.29) is 17.6 Å². The minimum atomic E-state index is -0.454. The normalized spacial score (nSPS) is 17.5. The Morgan fingerprint density at radius 3 is 2.95 bits per heavy atom. The minimum Gasteiger partial charge on any atom is -0.379 e. The molecule has 1 amide bonds. The molecule has 2 N–H and O–H groups in total. The van der Waals surface area contributed by atoms with Crippen molar-refractivity contribution < 1.29 is 14.5 Å². The van der Waals surface area contributed by atoms with E-state index in [1.54, 1.807) is 0 Å². The maximum Gasteiger partial charge on any atom is 0.292 e. The molecule has 1 heterocycles. The number of anilines is 1. The number of hydrogen-bond acceptors (Lipinski definition) is 5. The summed E-state index contributed by atoms with van der Waals surface area (Å²) in [5.41, 5.74) is 0.757. The molecule has 1 saturated heterocycles. The number of carbonyl (C=O) groups is 1. The number of hydrogen-bond donors (Lipinski definition) is 2. The van der Waals surface area contributed by atoms with Crippen molar-refractivity contribution in [2.75, 3.05) is 25.1 Å². The first-order chi connectivity index (χ1) is 10.1. The van der Waals surface area contributed by atoms with Gasteiger partial charge in [-0.05, 0) is 25.0 Å². The summed E-state index contributed by atoms with van der Waals surface area (Å²) in [5, 5.41) is 16.8. The Labute approximate surface area is 122 Å². The van der Waals surface area contributed by atoms with Crippen LogP contribution < -0.4 is 10.6 Å². The molecule has 7 heteroatoms. The molecular formula is C14H19N3O4. The Bertz CT molecular complexity index is 527. The number of ether oxygens (including phenoxy) is 1. The van der Waals surface area contributed by atoms with Crippen LogP contribution in [-0.2, 0) is 4.74 Å². The molecule has 0 radical (unpaired) electrons. The van der Waals surface area contributed by atoms with E-state index < -0.39 is 4.92 Å². The van der Waals surface area contributed by atoms with Crippen LogP contribution in [-0.4, -0.2) is 36.6 Å². The van der Waals surface area contributed by atoms with Gasteiger partial charge in [-0.15, -0.1) is 0 Å². The second-order valence-electron chi connectivity index (χ2n) is 4.95. The van der Waals surface area contributed by atoms with Gasteiger partial charge in [-0.1, -0.05) is 6.92 Å². The largest absolute Gasteiger partial charge is 0.379 e. The third-order valence-corrected chi connectivity index (χ3v) is 3.29. The third kappa shape index (κ3) is 3.91. The summed E-state index contributed by atoms with van der Waals surface area (Å²) >= 11 is 0. The first-order valence-electron chi connectivity index (χ1n) is 7.02. The number of nitrogens with one attached hydrogen (secondary N) is 2. The Hall–Kier alpha value is -2.15. The molecule has 0 aromatic heterocycles. The van der Waals surface area contributed by atoms with Crippen molar-refractivity contribution in [3.8, 4) is 0 Å². The molecular weight excluding hydrogens is 274 g/mol. The van der Waals surface area contributed by atoms with E-state index in [4.69, 9.17) is 4.74 Å². The highest BCUT2D eigenvalue weighted by Gasteiger charge is 2.21. The molecule has 114 valence electrons. The maximum absolute atomic E-state index is 12.1. The molecule has 0 aliphatic carbocycles. The molecule has 0 bridgehead atoms. The summed E-state index contributed by atoms with van der Waals surface area (Å²) in [4.78, 5) is 22.7. The summed E-state index contributed by atoms with van der Waals surface area (Å²) in [7, 11) is 0. The molecule has 1 aromatic carbocycles. The van der Waals surface area contributed by atoms with Crippen LogP contribution in [0.25, 0.3) is 0 Å². The van der Waals surface area contributed by atoms with Crippen molar-refractivity contribution in [1.29, 1.82) is 0 Å². The number of nitro benzene ring substituents is 1. The molecule has 1 aromatic rings. The van der Waals surface area contributed by atoms with Gasteiger partial charge in [0.15, 0.2) is 0 Å². The molecule has 0 saturated carbocycles. The van der Waals surface area contributed by atoms with Crippen molar-refractivity contribution in [3.63, 3.8) is 0 Å². The van der Waals surface area contributed by atoms with Crippen molar-refractivity contribution in [3.05, 3.63) is 33.9 Å². The van der Waals surface area contributed by atoms with Gasteiger partial charge in [0.1, 0.15) is 5.69 Å². The van der Waals surface area contributed by atoms with E-state index in [1.165, 1.54) is 18.2 Å². The highest BCUT2D eigenvalue weighted by molar-refractivity contribution is 5.96. The van der Waals surface area contributed by atoms with Gasteiger partial charge < -0.3 is 15.4 Å². The SMILES string of the molecule is CCCNc1cc(C(=O)NC2CCOC2)ccc1[N+](=O)[O-]. The topological polar surface area (TPSA) is 93.5 Å². The fraction of sp³-hybridized carbons (Fsp3) is 0.500. The lowest BCUT2D eigenvalue weighted by Gasteiger charge is -2.12. The average Bonchev–Trinajstić information content (AvgIpc) is 2.97. The molecule has 1 fully saturated rings. The van der Waals surface area contributed by atoms with E-state index in [0.29, 0.717) is 31.0 Å². The lowest BCUT2D eigenvalue weighted by atomic mass is 10.1. The fourth-order valence-electron chi connectivity index (χ4n) is 2.15. The van der Waals surface area contributed by atoms with Gasteiger partial charge in [-0.25, -0.2) is 0 Å². The average molecular weight is 293 g/mol. The van der Waals surface area contributed by atoms with Crippen LogP contribution in [0.2, 0.25) is 0 Å². The maximum atomic E-state index is 12.1. The Balaban J connectivity index is 2.15. The number of rotatable bonds is 6. The van der Waals surface area contributed by atoms with Crippen molar-refractivity contribution in [2.24, 2.45) is 0 Å². The zero-order valence-electron chi connectivity index (χ0n) is 11.9. The van der Waals surface area contributed by atoms with Gasteiger partial charge in [0, 0.05) is 24.8 Å². The number of carbonyl (C=O) groups excluding carboxylic acids is 1. The van der Waals surface area contributed by atoms with Crippen molar-refractivity contribution in [1.82, 2.24) is 5.32 Å². The third-order valence-electron chi connectivity index (χ3n) is 3.29. The van der Waals surface area contributed by atoms with Crippen LogP contribution in [0.5, 0.6) is 0 Å². The highest BCUT2D eigenvalue weighted by atomic mass is 16.6. The second-order valence-corrected chi connectivity index (χ2v) is 4.95. The predicted octanol–water partition coefficient (Wildman–Crippen LogP) is 1.94. The second kappa shape index (κ2) is 7.03. The number of benzene rings is 1. The van der Waals surface area contributed by atoms with E-state index in [1.807, 2.05) is 6.92 Å². The van der Waals surface area contributed by atoms with Crippen LogP contribution in [0, 0.1) is 10.1 Å². The first kappa shape index (κ1) is 15.2. The zero-order chi connectivity index (χ0) is 15.2. The van der Waals surface area contributed by atoms with E-state index in [2.05, 4.69) is 10.6 Å². The standard InChI is InChI=1S/C14H19N3O4/c1-2-6-15-12-8-10(3-4-13(12)17(19)20)14(18)16-11-5-7-21-9-11/h3-4,8,11,15H,2,5-7,9H2,1H3,(H,16,18). The molecule has 2 rings (SSSR count). The monoisotopic (exact) mass is 293 g/mol. The quantitative estimate of drug-likeness (QED) is 0.617. The summed E-state index contributed by atoms with van der Waals surface area (Å²) in [6.45, 7) is 3.74. The Morgan fingerprint density at radius 1 is 1.52 bits per heavy atom. The van der Waals surface area contributed by atoms with E-state index >= 15 is 0 Å². The van der Waals surface area contributed by atoms with Gasteiger partial charge >= 0.3 is 0 Å². The molecule has 0 spiro atoms. The van der Waals surface area contributed by atoms with Gasteiger partial charge in [-0.3, -0.25) is 14.9 Å². The zero-order valence-corrected chi connectivity index (χ0v) is 11.9. The lowest BCUT2D eigenvalue weighted by molar-refractivity contribution is -0.384. The summed E-state index contributed by atoms with van der Waals surface area (Å²) in [6.07, 6.45) is 1.63. The summed E-state index contributed by atoms with van der Waals surface area (Å²) in [6, 6.07) is 4.37.